The van der Waals surface area contributed by atoms with Crippen molar-refractivity contribution in [3.8, 4) is 0 Å². The summed E-state index contributed by atoms with van der Waals surface area (Å²) in [6.07, 6.45) is 7.05. The molecule has 0 amide bonds. The maximum Gasteiger partial charge on any atom is 0.189 e. The van der Waals surface area contributed by atoms with Gasteiger partial charge in [-0.1, -0.05) is 39.8 Å². The Hall–Kier alpha value is -0.560. The first kappa shape index (κ1) is 16.9. The molecule has 124 valence electrons. The van der Waals surface area contributed by atoms with Crippen LogP contribution < -0.4 is 0 Å². The molecule has 0 bridgehead atoms. The van der Waals surface area contributed by atoms with E-state index in [1.54, 1.807) is 11.8 Å². The number of benzene rings is 1. The van der Waals surface area contributed by atoms with Crippen LogP contribution in [0.25, 0.3) is 10.2 Å². The highest BCUT2D eigenvalue weighted by Gasteiger charge is 2.21. The fourth-order valence-electron chi connectivity index (χ4n) is 3.03. The molecule has 0 N–H and O–H groups in total. The van der Waals surface area contributed by atoms with Gasteiger partial charge in [0.1, 0.15) is 9.86 Å². The van der Waals surface area contributed by atoms with E-state index in [0.717, 1.165) is 20.4 Å². The van der Waals surface area contributed by atoms with Crippen molar-refractivity contribution in [1.29, 1.82) is 0 Å². The van der Waals surface area contributed by atoms with Crippen molar-refractivity contribution in [1.82, 2.24) is 9.97 Å². The Morgan fingerprint density at radius 3 is 2.71 bits per heavy atom. The molecule has 4 rings (SSSR count). The lowest BCUT2D eigenvalue weighted by Crippen LogP contribution is -1.99. The largest absolute Gasteiger partial charge is 0.215 e. The predicted molar refractivity (Wildman–Crippen MR) is 110 cm³/mol. The molecule has 0 saturated heterocycles. The standard InChI is InChI=1S/C18H17BrN2S3/c1-22-18-20-16(23-10-11-6-8-12(19)9-7-11)15-13-4-2-3-5-14(13)24-17(15)21-18/h6-9H,2-5,10H2,1H3. The Kier molecular flexibility index (Phi) is 5.18. The van der Waals surface area contributed by atoms with Crippen molar-refractivity contribution in [2.24, 2.45) is 0 Å². The number of thioether (sulfide) groups is 2. The maximum absolute atomic E-state index is 4.84. The third kappa shape index (κ3) is 3.39. The first-order chi connectivity index (χ1) is 11.7. The van der Waals surface area contributed by atoms with Gasteiger partial charge >= 0.3 is 0 Å². The molecule has 24 heavy (non-hydrogen) atoms. The first-order valence-electron chi connectivity index (χ1n) is 7.98. The van der Waals surface area contributed by atoms with Gasteiger partial charge in [-0.25, -0.2) is 9.97 Å². The van der Waals surface area contributed by atoms with Gasteiger partial charge < -0.3 is 0 Å². The van der Waals surface area contributed by atoms with Gasteiger partial charge in [-0.15, -0.1) is 23.1 Å². The molecule has 1 aliphatic carbocycles. The molecule has 0 fully saturated rings. The average Bonchev–Trinajstić information content (AvgIpc) is 2.99. The molecular weight excluding hydrogens is 420 g/mol. The molecule has 0 unspecified atom stereocenters. The van der Waals surface area contributed by atoms with Crippen molar-refractivity contribution in [3.63, 3.8) is 0 Å². The van der Waals surface area contributed by atoms with E-state index in [2.05, 4.69) is 46.5 Å². The lowest BCUT2D eigenvalue weighted by Gasteiger charge is -2.12. The van der Waals surface area contributed by atoms with Gasteiger partial charge in [0.05, 0.1) is 0 Å². The van der Waals surface area contributed by atoms with Crippen LogP contribution in [0.2, 0.25) is 0 Å². The van der Waals surface area contributed by atoms with Crippen molar-refractivity contribution >= 4 is 61.0 Å². The first-order valence-corrected chi connectivity index (χ1v) is 11.8. The quantitative estimate of drug-likeness (QED) is 0.270. The SMILES string of the molecule is CSc1nc(SCc2ccc(Br)cc2)c2c3c(sc2n1)CCCC3. The minimum absolute atomic E-state index is 0.888. The van der Waals surface area contributed by atoms with E-state index in [1.165, 1.54) is 51.9 Å². The fourth-order valence-corrected chi connectivity index (χ4v) is 6.12. The highest BCUT2D eigenvalue weighted by atomic mass is 79.9. The molecule has 1 aromatic carbocycles. The number of fused-ring (bicyclic) bond motifs is 3. The monoisotopic (exact) mass is 436 g/mol. The molecule has 6 heteroatoms. The molecule has 0 spiro atoms. The summed E-state index contributed by atoms with van der Waals surface area (Å²) in [6, 6.07) is 8.55. The number of halogens is 1. The van der Waals surface area contributed by atoms with E-state index in [4.69, 9.17) is 9.97 Å². The summed E-state index contributed by atoms with van der Waals surface area (Å²) in [5, 5.41) is 3.38. The van der Waals surface area contributed by atoms with E-state index in [0.29, 0.717) is 0 Å². The van der Waals surface area contributed by atoms with E-state index < -0.39 is 0 Å². The Bertz CT molecular complexity index is 874. The normalized spacial score (nSPS) is 14.1. The van der Waals surface area contributed by atoms with Crippen LogP contribution in [0.4, 0.5) is 0 Å². The number of thiophene rings is 1. The molecule has 0 aliphatic heterocycles. The van der Waals surface area contributed by atoms with Gasteiger partial charge in [0.25, 0.3) is 0 Å². The lowest BCUT2D eigenvalue weighted by molar-refractivity contribution is 0.699. The van der Waals surface area contributed by atoms with Gasteiger partial charge in [0, 0.05) is 20.5 Å². The second-order valence-corrected chi connectivity index (χ2v) is 9.56. The third-order valence-corrected chi connectivity index (χ3v) is 7.54. The van der Waals surface area contributed by atoms with E-state index in [-0.39, 0.29) is 0 Å². The summed E-state index contributed by atoms with van der Waals surface area (Å²) in [5.41, 5.74) is 2.84. The van der Waals surface area contributed by atoms with Crippen LogP contribution in [-0.4, -0.2) is 16.2 Å². The molecule has 2 heterocycles. The predicted octanol–water partition coefficient (Wildman–Crippen LogP) is 6.35. The van der Waals surface area contributed by atoms with Gasteiger partial charge in [-0.3, -0.25) is 0 Å². The smallest absolute Gasteiger partial charge is 0.189 e. The van der Waals surface area contributed by atoms with Crippen LogP contribution in [0.1, 0.15) is 28.8 Å². The number of hydrogen-bond acceptors (Lipinski definition) is 5. The van der Waals surface area contributed by atoms with Crippen molar-refractivity contribution < 1.29 is 0 Å². The minimum atomic E-state index is 0.888. The second-order valence-electron chi connectivity index (χ2n) is 5.82. The maximum atomic E-state index is 4.84. The zero-order valence-electron chi connectivity index (χ0n) is 13.3. The Balaban J connectivity index is 1.72. The van der Waals surface area contributed by atoms with Crippen LogP contribution in [0.5, 0.6) is 0 Å². The second kappa shape index (κ2) is 7.36. The number of aryl methyl sites for hydroxylation is 2. The summed E-state index contributed by atoms with van der Waals surface area (Å²) in [5.74, 6) is 0.942. The van der Waals surface area contributed by atoms with Gasteiger partial charge in [-0.2, -0.15) is 0 Å². The summed E-state index contributed by atoms with van der Waals surface area (Å²) in [7, 11) is 0. The molecular formula is C18H17BrN2S3. The van der Waals surface area contributed by atoms with Crippen LogP contribution in [-0.2, 0) is 18.6 Å². The summed E-state index contributed by atoms with van der Waals surface area (Å²) < 4.78 is 1.12. The zero-order chi connectivity index (χ0) is 16.5. The minimum Gasteiger partial charge on any atom is -0.215 e. The molecule has 1 aliphatic rings. The molecule has 2 aromatic heterocycles. The lowest BCUT2D eigenvalue weighted by atomic mass is 9.97. The van der Waals surface area contributed by atoms with Gasteiger partial charge in [0.2, 0.25) is 0 Å². The van der Waals surface area contributed by atoms with E-state index >= 15 is 0 Å². The van der Waals surface area contributed by atoms with Gasteiger partial charge in [-0.05, 0) is 55.2 Å². The van der Waals surface area contributed by atoms with Gasteiger partial charge in [0.15, 0.2) is 5.16 Å². The third-order valence-electron chi connectivity index (χ3n) is 4.23. The van der Waals surface area contributed by atoms with E-state index in [1.807, 2.05) is 23.1 Å². The summed E-state index contributed by atoms with van der Waals surface area (Å²) in [6.45, 7) is 0. The molecule has 2 nitrogen and oxygen atoms in total. The average molecular weight is 437 g/mol. The van der Waals surface area contributed by atoms with Crippen molar-refractivity contribution in [2.75, 3.05) is 6.26 Å². The Labute approximate surface area is 163 Å². The highest BCUT2D eigenvalue weighted by Crippen LogP contribution is 2.41. The van der Waals surface area contributed by atoms with E-state index in [9.17, 15) is 0 Å². The summed E-state index contributed by atoms with van der Waals surface area (Å²) in [4.78, 5) is 12.3. The van der Waals surface area contributed by atoms with Crippen LogP contribution in [0, 0.1) is 0 Å². The molecule has 0 atom stereocenters. The number of hydrogen-bond donors (Lipinski definition) is 0. The molecule has 0 saturated carbocycles. The Morgan fingerprint density at radius 2 is 1.92 bits per heavy atom. The number of nitrogens with zero attached hydrogens (tertiary/aromatic N) is 2. The van der Waals surface area contributed by atoms with Crippen LogP contribution in [0.3, 0.4) is 0 Å². The van der Waals surface area contributed by atoms with Crippen LogP contribution in [0.15, 0.2) is 38.9 Å². The van der Waals surface area contributed by atoms with Crippen LogP contribution >= 0.6 is 50.8 Å². The summed E-state index contributed by atoms with van der Waals surface area (Å²) >= 11 is 8.86. The van der Waals surface area contributed by atoms with Crippen molar-refractivity contribution in [2.45, 2.75) is 41.6 Å². The topological polar surface area (TPSA) is 25.8 Å². The highest BCUT2D eigenvalue weighted by molar-refractivity contribution is 9.10. The molecule has 0 radical (unpaired) electrons. The fraction of sp³-hybridized carbons (Fsp3) is 0.333. The Morgan fingerprint density at radius 1 is 1.12 bits per heavy atom. The number of rotatable bonds is 4. The zero-order valence-corrected chi connectivity index (χ0v) is 17.4. The number of aromatic nitrogens is 2. The van der Waals surface area contributed by atoms with Crippen molar-refractivity contribution in [3.05, 3.63) is 44.7 Å². The molecule has 3 aromatic rings.